The molecule has 0 radical (unpaired) electrons. The Bertz CT molecular complexity index is 445. The van der Waals surface area contributed by atoms with Crippen molar-refractivity contribution in [3.63, 3.8) is 0 Å². The Morgan fingerprint density at radius 2 is 2.27 bits per heavy atom. The van der Waals surface area contributed by atoms with Crippen molar-refractivity contribution in [3.05, 3.63) is 29.6 Å². The molecule has 78 valence electrons. The van der Waals surface area contributed by atoms with E-state index in [1.807, 2.05) is 0 Å². The van der Waals surface area contributed by atoms with E-state index in [0.717, 1.165) is 0 Å². The lowest BCUT2D eigenvalue weighted by Crippen LogP contribution is -2.31. The molecule has 2 amide bonds. The van der Waals surface area contributed by atoms with E-state index in [4.69, 9.17) is 0 Å². The lowest BCUT2D eigenvalue weighted by molar-refractivity contribution is -0.124. The molecule has 0 saturated heterocycles. The van der Waals surface area contributed by atoms with E-state index in [0.29, 0.717) is 11.3 Å². The van der Waals surface area contributed by atoms with Crippen LogP contribution in [-0.2, 0) is 9.59 Å². The maximum Gasteiger partial charge on any atom is 0.251 e. The molecular formula is C10H9FN2O2. The highest BCUT2D eigenvalue weighted by molar-refractivity contribution is 6.04. The summed E-state index contributed by atoms with van der Waals surface area (Å²) >= 11 is 0. The van der Waals surface area contributed by atoms with Crippen LogP contribution in [0, 0.1) is 5.82 Å². The van der Waals surface area contributed by atoms with Crippen molar-refractivity contribution in [1.29, 1.82) is 0 Å². The SMILES string of the molecule is CC(=O)N[C@@H]1C(=O)Nc2ccc(F)cc21. The molecule has 1 aliphatic rings. The first-order chi connectivity index (χ1) is 7.08. The Hall–Kier alpha value is -1.91. The van der Waals surface area contributed by atoms with Crippen molar-refractivity contribution in [2.45, 2.75) is 13.0 Å². The molecule has 15 heavy (non-hydrogen) atoms. The Labute approximate surface area is 85.5 Å². The Morgan fingerprint density at radius 3 is 2.93 bits per heavy atom. The number of amides is 2. The fraction of sp³-hybridized carbons (Fsp3) is 0.200. The van der Waals surface area contributed by atoms with E-state index in [-0.39, 0.29) is 11.8 Å². The Morgan fingerprint density at radius 1 is 1.53 bits per heavy atom. The summed E-state index contributed by atoms with van der Waals surface area (Å²) in [6, 6.07) is 3.20. The fourth-order valence-electron chi connectivity index (χ4n) is 1.58. The molecule has 1 aromatic carbocycles. The van der Waals surface area contributed by atoms with Gasteiger partial charge in [0.25, 0.3) is 5.91 Å². The maximum absolute atomic E-state index is 12.9. The molecule has 1 atom stereocenters. The molecule has 1 heterocycles. The average Bonchev–Trinajstić information content (AvgIpc) is 2.43. The van der Waals surface area contributed by atoms with E-state index in [1.165, 1.54) is 25.1 Å². The second-order valence-corrected chi connectivity index (χ2v) is 3.35. The van der Waals surface area contributed by atoms with E-state index in [1.54, 1.807) is 0 Å². The van der Waals surface area contributed by atoms with Crippen LogP contribution in [-0.4, -0.2) is 11.8 Å². The molecule has 2 N–H and O–H groups in total. The summed E-state index contributed by atoms with van der Waals surface area (Å²) < 4.78 is 12.9. The molecule has 0 aromatic heterocycles. The van der Waals surface area contributed by atoms with Crippen LogP contribution >= 0.6 is 0 Å². The molecule has 5 heteroatoms. The lowest BCUT2D eigenvalue weighted by atomic mass is 10.1. The zero-order valence-corrected chi connectivity index (χ0v) is 8.00. The molecule has 1 aliphatic heterocycles. The van der Waals surface area contributed by atoms with Crippen LogP contribution in [0.15, 0.2) is 18.2 Å². The summed E-state index contributed by atoms with van der Waals surface area (Å²) in [5, 5.41) is 5.02. The van der Waals surface area contributed by atoms with E-state index < -0.39 is 11.9 Å². The van der Waals surface area contributed by atoms with E-state index >= 15 is 0 Å². The first-order valence-electron chi connectivity index (χ1n) is 4.45. The third-order valence-electron chi connectivity index (χ3n) is 2.19. The number of hydrogen-bond acceptors (Lipinski definition) is 2. The molecule has 0 spiro atoms. The number of carbonyl (C=O) groups is 2. The summed E-state index contributed by atoms with van der Waals surface area (Å²) in [4.78, 5) is 22.3. The first kappa shape index (κ1) is 9.64. The fourth-order valence-corrected chi connectivity index (χ4v) is 1.58. The van der Waals surface area contributed by atoms with Crippen LogP contribution < -0.4 is 10.6 Å². The minimum absolute atomic E-state index is 0.327. The number of carbonyl (C=O) groups excluding carboxylic acids is 2. The molecule has 0 bridgehead atoms. The second-order valence-electron chi connectivity index (χ2n) is 3.35. The largest absolute Gasteiger partial charge is 0.341 e. The zero-order chi connectivity index (χ0) is 11.0. The van der Waals surface area contributed by atoms with Gasteiger partial charge in [-0.1, -0.05) is 0 Å². The van der Waals surface area contributed by atoms with Gasteiger partial charge in [0.1, 0.15) is 11.9 Å². The topological polar surface area (TPSA) is 58.2 Å². The van der Waals surface area contributed by atoms with E-state index in [2.05, 4.69) is 10.6 Å². The second kappa shape index (κ2) is 3.34. The Kier molecular flexibility index (Phi) is 2.15. The van der Waals surface area contributed by atoms with Crippen molar-refractivity contribution in [2.24, 2.45) is 0 Å². The van der Waals surface area contributed by atoms with Crippen molar-refractivity contribution in [3.8, 4) is 0 Å². The summed E-state index contributed by atoms with van der Waals surface area (Å²) in [6.45, 7) is 1.31. The molecule has 0 fully saturated rings. The van der Waals surface area contributed by atoms with Gasteiger partial charge < -0.3 is 10.6 Å². The van der Waals surface area contributed by atoms with Crippen molar-refractivity contribution in [2.75, 3.05) is 5.32 Å². The number of fused-ring (bicyclic) bond motifs is 1. The quantitative estimate of drug-likeness (QED) is 0.722. The first-order valence-corrected chi connectivity index (χ1v) is 4.45. The summed E-state index contributed by atoms with van der Waals surface area (Å²) in [7, 11) is 0. The monoisotopic (exact) mass is 208 g/mol. The van der Waals surface area contributed by atoms with Gasteiger partial charge >= 0.3 is 0 Å². The third kappa shape index (κ3) is 1.68. The molecule has 0 saturated carbocycles. The van der Waals surface area contributed by atoms with Gasteiger partial charge in [-0.2, -0.15) is 0 Å². The maximum atomic E-state index is 12.9. The Balaban J connectivity index is 2.39. The van der Waals surface area contributed by atoms with Crippen LogP contribution in [0.25, 0.3) is 0 Å². The van der Waals surface area contributed by atoms with Gasteiger partial charge in [0.15, 0.2) is 0 Å². The number of halogens is 1. The van der Waals surface area contributed by atoms with Crippen LogP contribution in [0.5, 0.6) is 0 Å². The van der Waals surface area contributed by atoms with Gasteiger partial charge in [-0.15, -0.1) is 0 Å². The minimum atomic E-state index is -0.784. The predicted molar refractivity (Wildman–Crippen MR) is 51.6 cm³/mol. The molecule has 0 aliphatic carbocycles. The summed E-state index contributed by atoms with van der Waals surface area (Å²) in [5.74, 6) is -1.10. The number of anilines is 1. The summed E-state index contributed by atoms with van der Waals surface area (Å²) in [5.41, 5.74) is 1.01. The van der Waals surface area contributed by atoms with Gasteiger partial charge in [-0.05, 0) is 18.2 Å². The molecule has 0 unspecified atom stereocenters. The van der Waals surface area contributed by atoms with Crippen molar-refractivity contribution in [1.82, 2.24) is 5.32 Å². The zero-order valence-electron chi connectivity index (χ0n) is 8.00. The highest BCUT2D eigenvalue weighted by Gasteiger charge is 2.31. The number of rotatable bonds is 1. The predicted octanol–water partition coefficient (Wildman–Crippen LogP) is 0.955. The van der Waals surface area contributed by atoms with Crippen LogP contribution in [0.2, 0.25) is 0 Å². The van der Waals surface area contributed by atoms with Crippen molar-refractivity contribution < 1.29 is 14.0 Å². The minimum Gasteiger partial charge on any atom is -0.341 e. The van der Waals surface area contributed by atoms with Crippen LogP contribution in [0.1, 0.15) is 18.5 Å². The molecular weight excluding hydrogens is 199 g/mol. The molecule has 2 rings (SSSR count). The highest BCUT2D eigenvalue weighted by atomic mass is 19.1. The number of benzene rings is 1. The standard InChI is InChI=1S/C10H9FN2O2/c1-5(14)12-9-7-4-6(11)2-3-8(7)13-10(9)15/h2-4,9H,1H3,(H,12,14)(H,13,15)/t9-/m0/s1. The number of nitrogens with one attached hydrogen (secondary N) is 2. The smallest absolute Gasteiger partial charge is 0.251 e. The normalized spacial score (nSPS) is 18.3. The molecule has 1 aromatic rings. The average molecular weight is 208 g/mol. The van der Waals surface area contributed by atoms with Crippen LogP contribution in [0.4, 0.5) is 10.1 Å². The van der Waals surface area contributed by atoms with Gasteiger partial charge in [0.05, 0.1) is 0 Å². The van der Waals surface area contributed by atoms with Gasteiger partial charge in [-0.25, -0.2) is 4.39 Å². The van der Waals surface area contributed by atoms with Crippen LogP contribution in [0.3, 0.4) is 0 Å². The third-order valence-corrected chi connectivity index (χ3v) is 2.19. The molecule has 4 nitrogen and oxygen atoms in total. The van der Waals surface area contributed by atoms with E-state index in [9.17, 15) is 14.0 Å². The summed E-state index contributed by atoms with van der Waals surface area (Å²) in [6.07, 6.45) is 0. The number of hydrogen-bond donors (Lipinski definition) is 2. The van der Waals surface area contributed by atoms with Crippen molar-refractivity contribution >= 4 is 17.5 Å². The van der Waals surface area contributed by atoms with Gasteiger partial charge in [-0.3, -0.25) is 9.59 Å². The highest BCUT2D eigenvalue weighted by Crippen LogP contribution is 2.30. The van der Waals surface area contributed by atoms with Gasteiger partial charge in [0, 0.05) is 18.2 Å². The lowest BCUT2D eigenvalue weighted by Gasteiger charge is -2.08. The van der Waals surface area contributed by atoms with Gasteiger partial charge in [0.2, 0.25) is 5.91 Å².